The van der Waals surface area contributed by atoms with Gasteiger partial charge in [0.1, 0.15) is 6.29 Å². The standard InChI is InChI=1S/C14H12FN3O/c15-11-9-12(10-5-2-1-3-6-10)18-14(11)16-13(17-18)7-4-8-19/h1-8,11-12H,9H2/b7-4+/t11-,12-/m0/s1. The Bertz CT molecular complexity index is 621. The maximum Gasteiger partial charge on any atom is 0.174 e. The first-order valence-electron chi connectivity index (χ1n) is 6.07. The van der Waals surface area contributed by atoms with Crippen molar-refractivity contribution in [1.29, 1.82) is 0 Å². The molecule has 0 bridgehead atoms. The van der Waals surface area contributed by atoms with Crippen LogP contribution in [0.3, 0.4) is 0 Å². The summed E-state index contributed by atoms with van der Waals surface area (Å²) in [5, 5.41) is 4.26. The van der Waals surface area contributed by atoms with Gasteiger partial charge in [0.25, 0.3) is 0 Å². The van der Waals surface area contributed by atoms with Crippen LogP contribution in [-0.2, 0) is 4.79 Å². The quantitative estimate of drug-likeness (QED) is 0.627. The number of nitrogens with zero attached hydrogens (tertiary/aromatic N) is 3. The molecule has 1 aliphatic heterocycles. The van der Waals surface area contributed by atoms with Crippen molar-refractivity contribution in [3.8, 4) is 0 Å². The number of carbonyl (C=O) groups excluding carboxylic acids is 1. The fourth-order valence-electron chi connectivity index (χ4n) is 2.35. The fraction of sp³-hybridized carbons (Fsp3) is 0.214. The highest BCUT2D eigenvalue weighted by molar-refractivity contribution is 5.72. The van der Waals surface area contributed by atoms with Crippen molar-refractivity contribution in [2.24, 2.45) is 0 Å². The van der Waals surface area contributed by atoms with Gasteiger partial charge in [0, 0.05) is 6.42 Å². The normalized spacial score (nSPS) is 21.7. The Kier molecular flexibility index (Phi) is 2.95. The monoisotopic (exact) mass is 257 g/mol. The molecule has 1 aliphatic rings. The molecule has 0 spiro atoms. The van der Waals surface area contributed by atoms with Crippen LogP contribution in [0.15, 0.2) is 36.4 Å². The average Bonchev–Trinajstić information content (AvgIpc) is 2.98. The summed E-state index contributed by atoms with van der Waals surface area (Å²) in [4.78, 5) is 14.4. The minimum atomic E-state index is -1.11. The molecule has 0 amide bonds. The van der Waals surface area contributed by atoms with Gasteiger partial charge in [-0.1, -0.05) is 30.3 Å². The number of halogens is 1. The lowest BCUT2D eigenvalue weighted by atomic mass is 10.0. The Labute approximate surface area is 109 Å². The topological polar surface area (TPSA) is 47.8 Å². The predicted octanol–water partition coefficient (Wildman–Crippen LogP) is 2.49. The molecular weight excluding hydrogens is 245 g/mol. The van der Waals surface area contributed by atoms with Gasteiger partial charge in [0.2, 0.25) is 0 Å². The molecule has 96 valence electrons. The van der Waals surface area contributed by atoms with Gasteiger partial charge in [-0.25, -0.2) is 14.1 Å². The summed E-state index contributed by atoms with van der Waals surface area (Å²) in [6, 6.07) is 9.54. The van der Waals surface area contributed by atoms with E-state index in [1.54, 1.807) is 4.68 Å². The zero-order valence-corrected chi connectivity index (χ0v) is 10.1. The highest BCUT2D eigenvalue weighted by Crippen LogP contribution is 2.39. The predicted molar refractivity (Wildman–Crippen MR) is 68.2 cm³/mol. The van der Waals surface area contributed by atoms with Crippen molar-refractivity contribution < 1.29 is 9.18 Å². The number of benzene rings is 1. The molecule has 0 N–H and O–H groups in total. The molecule has 0 radical (unpaired) electrons. The second-order valence-electron chi connectivity index (χ2n) is 4.40. The minimum absolute atomic E-state index is 0.128. The number of aldehydes is 1. The van der Waals surface area contributed by atoms with Crippen molar-refractivity contribution in [3.63, 3.8) is 0 Å². The third-order valence-corrected chi connectivity index (χ3v) is 3.19. The van der Waals surface area contributed by atoms with Gasteiger partial charge in [-0.05, 0) is 17.7 Å². The molecule has 1 aromatic carbocycles. The smallest absolute Gasteiger partial charge is 0.174 e. The van der Waals surface area contributed by atoms with Crippen molar-refractivity contribution in [2.75, 3.05) is 0 Å². The molecule has 0 saturated heterocycles. The summed E-state index contributed by atoms with van der Waals surface area (Å²) >= 11 is 0. The highest BCUT2D eigenvalue weighted by Gasteiger charge is 2.34. The number of rotatable bonds is 3. The summed E-state index contributed by atoms with van der Waals surface area (Å²) in [7, 11) is 0. The van der Waals surface area contributed by atoms with Gasteiger partial charge < -0.3 is 0 Å². The van der Waals surface area contributed by atoms with Gasteiger partial charge in [0.15, 0.2) is 17.8 Å². The van der Waals surface area contributed by atoms with Gasteiger partial charge in [-0.15, -0.1) is 0 Å². The van der Waals surface area contributed by atoms with Crippen LogP contribution in [0.25, 0.3) is 6.08 Å². The lowest BCUT2D eigenvalue weighted by Crippen LogP contribution is -2.07. The lowest BCUT2D eigenvalue weighted by Gasteiger charge is -2.11. The van der Waals surface area contributed by atoms with Gasteiger partial charge in [-0.3, -0.25) is 4.79 Å². The number of hydrogen-bond donors (Lipinski definition) is 0. The van der Waals surface area contributed by atoms with E-state index < -0.39 is 6.17 Å². The Hall–Kier alpha value is -2.30. The van der Waals surface area contributed by atoms with E-state index in [9.17, 15) is 9.18 Å². The molecule has 0 aliphatic carbocycles. The summed E-state index contributed by atoms with van der Waals surface area (Å²) in [5.74, 6) is 0.699. The SMILES string of the molecule is O=C/C=C/c1nc2n(n1)[C@H](c1ccccc1)C[C@@H]2F. The van der Waals surface area contributed by atoms with E-state index in [1.165, 1.54) is 12.2 Å². The lowest BCUT2D eigenvalue weighted by molar-refractivity contribution is -0.104. The van der Waals surface area contributed by atoms with Crippen molar-refractivity contribution in [2.45, 2.75) is 18.6 Å². The molecule has 0 unspecified atom stereocenters. The largest absolute Gasteiger partial charge is 0.299 e. The minimum Gasteiger partial charge on any atom is -0.299 e. The molecule has 0 saturated carbocycles. The molecule has 2 aromatic rings. The van der Waals surface area contributed by atoms with Crippen LogP contribution < -0.4 is 0 Å². The van der Waals surface area contributed by atoms with Crippen LogP contribution >= 0.6 is 0 Å². The van der Waals surface area contributed by atoms with E-state index in [1.807, 2.05) is 30.3 Å². The molecule has 3 rings (SSSR count). The van der Waals surface area contributed by atoms with Crippen LogP contribution in [0.5, 0.6) is 0 Å². The van der Waals surface area contributed by atoms with Crippen LogP contribution in [-0.4, -0.2) is 21.1 Å². The van der Waals surface area contributed by atoms with Crippen molar-refractivity contribution >= 4 is 12.4 Å². The summed E-state index contributed by atoms with van der Waals surface area (Å²) in [6.45, 7) is 0. The summed E-state index contributed by atoms with van der Waals surface area (Å²) in [6.07, 6.45) is 2.67. The molecule has 5 heteroatoms. The van der Waals surface area contributed by atoms with Crippen molar-refractivity contribution in [1.82, 2.24) is 14.8 Å². The molecule has 2 heterocycles. The van der Waals surface area contributed by atoms with Crippen LogP contribution in [0.4, 0.5) is 4.39 Å². The number of carbonyl (C=O) groups is 1. The Morgan fingerprint density at radius 3 is 2.84 bits per heavy atom. The summed E-state index contributed by atoms with van der Waals surface area (Å²) < 4.78 is 15.6. The maximum absolute atomic E-state index is 14.0. The zero-order chi connectivity index (χ0) is 13.2. The first kappa shape index (κ1) is 11.8. The van der Waals surface area contributed by atoms with E-state index in [0.717, 1.165) is 5.56 Å². The molecule has 1 aromatic heterocycles. The molecule has 4 nitrogen and oxygen atoms in total. The number of alkyl halides is 1. The molecule has 2 atom stereocenters. The zero-order valence-electron chi connectivity index (χ0n) is 10.1. The van der Waals surface area contributed by atoms with E-state index in [-0.39, 0.29) is 6.04 Å². The van der Waals surface area contributed by atoms with Gasteiger partial charge in [0.05, 0.1) is 6.04 Å². The molecule has 19 heavy (non-hydrogen) atoms. The Morgan fingerprint density at radius 1 is 1.32 bits per heavy atom. The van der Waals surface area contributed by atoms with Crippen LogP contribution in [0.2, 0.25) is 0 Å². The second kappa shape index (κ2) is 4.76. The Morgan fingerprint density at radius 2 is 2.11 bits per heavy atom. The highest BCUT2D eigenvalue weighted by atomic mass is 19.1. The van der Waals surface area contributed by atoms with Crippen LogP contribution in [0.1, 0.15) is 35.8 Å². The van der Waals surface area contributed by atoms with Crippen LogP contribution in [0, 0.1) is 0 Å². The molecule has 0 fully saturated rings. The average molecular weight is 257 g/mol. The first-order chi connectivity index (χ1) is 9.29. The maximum atomic E-state index is 14.0. The number of hydrogen-bond acceptors (Lipinski definition) is 3. The van der Waals surface area contributed by atoms with Crippen molar-refractivity contribution in [3.05, 3.63) is 53.6 Å². The molecular formula is C14H12FN3O. The summed E-state index contributed by atoms with van der Waals surface area (Å²) in [5.41, 5.74) is 1.01. The first-order valence-corrected chi connectivity index (χ1v) is 6.07. The third-order valence-electron chi connectivity index (χ3n) is 3.19. The van der Waals surface area contributed by atoms with Gasteiger partial charge in [-0.2, -0.15) is 5.10 Å². The van der Waals surface area contributed by atoms with E-state index >= 15 is 0 Å². The number of allylic oxidation sites excluding steroid dienone is 1. The fourth-order valence-corrected chi connectivity index (χ4v) is 2.35. The number of fused-ring (bicyclic) bond motifs is 1. The second-order valence-corrected chi connectivity index (χ2v) is 4.40. The van der Waals surface area contributed by atoms with E-state index in [4.69, 9.17) is 0 Å². The third kappa shape index (κ3) is 2.07. The number of aromatic nitrogens is 3. The Balaban J connectivity index is 1.99. The van der Waals surface area contributed by atoms with E-state index in [0.29, 0.717) is 24.4 Å². The van der Waals surface area contributed by atoms with Gasteiger partial charge >= 0.3 is 0 Å². The van der Waals surface area contributed by atoms with E-state index in [2.05, 4.69) is 10.1 Å².